The van der Waals surface area contributed by atoms with Gasteiger partial charge in [-0.3, -0.25) is 0 Å². The fraction of sp³-hybridized carbons (Fsp3) is 1.00. The summed E-state index contributed by atoms with van der Waals surface area (Å²) in [4.78, 5) is 0. The summed E-state index contributed by atoms with van der Waals surface area (Å²) in [5.41, 5.74) is 0. The molecule has 96 valence electrons. The summed E-state index contributed by atoms with van der Waals surface area (Å²) in [6, 6.07) is 0. The molecule has 0 amide bonds. The molecule has 1 unspecified atom stereocenters. The maximum Gasteiger partial charge on any atom is 0.0576 e. The largest absolute Gasteiger partial charge is 0.396 e. The molecule has 0 aromatic heterocycles. The molecule has 0 saturated carbocycles. The highest BCUT2D eigenvalue weighted by Gasteiger charge is 2.13. The highest BCUT2D eigenvalue weighted by atomic mass is 32.2. The van der Waals surface area contributed by atoms with E-state index in [1.54, 1.807) is 0 Å². The monoisotopic (exact) mass is 247 g/mol. The topological polar surface area (TPSA) is 41.5 Å². The Balaban J connectivity index is 1.71. The van der Waals surface area contributed by atoms with Crippen LogP contribution in [0, 0.1) is 0 Å². The number of thioether (sulfide) groups is 1. The van der Waals surface area contributed by atoms with Crippen LogP contribution in [0.5, 0.6) is 0 Å². The first kappa shape index (κ1) is 14.3. The van der Waals surface area contributed by atoms with Crippen LogP contribution in [0.25, 0.3) is 0 Å². The molecule has 1 fully saturated rings. The second-order valence-corrected chi connectivity index (χ2v) is 5.44. The summed E-state index contributed by atoms with van der Waals surface area (Å²) < 4.78 is 5.57. The number of hydrogen-bond donors (Lipinski definition) is 2. The standard InChI is InChI=1S/C12H25NO2S/c14-8-3-10-16-11-7-13-6-1-4-12-5-2-9-15-12/h12-14H,1-11H2. The van der Waals surface area contributed by atoms with Gasteiger partial charge in [-0.25, -0.2) is 0 Å². The molecule has 0 bridgehead atoms. The maximum atomic E-state index is 8.60. The van der Waals surface area contributed by atoms with E-state index >= 15 is 0 Å². The van der Waals surface area contributed by atoms with Crippen molar-refractivity contribution in [2.24, 2.45) is 0 Å². The number of aliphatic hydroxyl groups excluding tert-OH is 1. The lowest BCUT2D eigenvalue weighted by Crippen LogP contribution is -2.20. The van der Waals surface area contributed by atoms with Gasteiger partial charge in [0.2, 0.25) is 0 Å². The van der Waals surface area contributed by atoms with Crippen molar-refractivity contribution in [3.63, 3.8) is 0 Å². The van der Waals surface area contributed by atoms with E-state index in [-0.39, 0.29) is 0 Å². The van der Waals surface area contributed by atoms with Crippen molar-refractivity contribution in [3.05, 3.63) is 0 Å². The zero-order valence-electron chi connectivity index (χ0n) is 10.1. The molecular weight excluding hydrogens is 222 g/mol. The van der Waals surface area contributed by atoms with Crippen LogP contribution in [-0.2, 0) is 4.74 Å². The van der Waals surface area contributed by atoms with Crippen molar-refractivity contribution in [2.45, 2.75) is 38.2 Å². The summed E-state index contributed by atoms with van der Waals surface area (Å²) in [5, 5.41) is 12.0. The first-order valence-corrected chi connectivity index (χ1v) is 7.60. The Hall–Kier alpha value is 0.230. The van der Waals surface area contributed by atoms with Gasteiger partial charge in [0.25, 0.3) is 0 Å². The summed E-state index contributed by atoms with van der Waals surface area (Å²) in [6.07, 6.45) is 6.41. The SMILES string of the molecule is OCCCSCCNCCCC1CCCO1. The van der Waals surface area contributed by atoms with Crippen molar-refractivity contribution in [1.82, 2.24) is 5.32 Å². The molecule has 1 atom stereocenters. The molecule has 3 nitrogen and oxygen atoms in total. The molecule has 0 aromatic carbocycles. The van der Waals surface area contributed by atoms with Crippen LogP contribution in [0.2, 0.25) is 0 Å². The van der Waals surface area contributed by atoms with Crippen molar-refractivity contribution >= 4 is 11.8 Å². The van der Waals surface area contributed by atoms with Gasteiger partial charge in [0.15, 0.2) is 0 Å². The van der Waals surface area contributed by atoms with Crippen LogP contribution in [0.15, 0.2) is 0 Å². The molecule has 1 saturated heterocycles. The number of nitrogens with one attached hydrogen (secondary N) is 1. The zero-order valence-corrected chi connectivity index (χ0v) is 10.9. The molecule has 0 aromatic rings. The predicted octanol–water partition coefficient (Wildman–Crippen LogP) is 1.65. The highest BCUT2D eigenvalue weighted by molar-refractivity contribution is 7.99. The smallest absolute Gasteiger partial charge is 0.0576 e. The quantitative estimate of drug-likeness (QED) is 0.576. The van der Waals surface area contributed by atoms with Crippen molar-refractivity contribution in [3.8, 4) is 0 Å². The van der Waals surface area contributed by atoms with E-state index in [0.717, 1.165) is 37.6 Å². The number of rotatable bonds is 10. The molecule has 0 spiro atoms. The predicted molar refractivity (Wildman–Crippen MR) is 70.1 cm³/mol. The van der Waals surface area contributed by atoms with Crippen molar-refractivity contribution in [1.29, 1.82) is 0 Å². The van der Waals surface area contributed by atoms with Crippen LogP contribution < -0.4 is 5.32 Å². The van der Waals surface area contributed by atoms with Crippen LogP contribution in [0.4, 0.5) is 0 Å². The van der Waals surface area contributed by atoms with Crippen molar-refractivity contribution in [2.75, 3.05) is 37.8 Å². The average molecular weight is 247 g/mol. The van der Waals surface area contributed by atoms with E-state index in [0.29, 0.717) is 12.7 Å². The van der Waals surface area contributed by atoms with Gasteiger partial charge in [-0.05, 0) is 44.4 Å². The van der Waals surface area contributed by atoms with Gasteiger partial charge < -0.3 is 15.2 Å². The lowest BCUT2D eigenvalue weighted by Gasteiger charge is -2.09. The summed E-state index contributed by atoms with van der Waals surface area (Å²) in [6.45, 7) is 3.49. The number of hydrogen-bond acceptors (Lipinski definition) is 4. The first-order valence-electron chi connectivity index (χ1n) is 6.44. The minimum atomic E-state index is 0.321. The van der Waals surface area contributed by atoms with Crippen LogP contribution in [-0.4, -0.2) is 49.0 Å². The van der Waals surface area contributed by atoms with Gasteiger partial charge in [-0.15, -0.1) is 0 Å². The fourth-order valence-corrected chi connectivity index (χ4v) is 2.69. The number of ether oxygens (including phenoxy) is 1. The second kappa shape index (κ2) is 10.4. The lowest BCUT2D eigenvalue weighted by atomic mass is 10.1. The molecule has 4 heteroatoms. The van der Waals surface area contributed by atoms with E-state index in [4.69, 9.17) is 9.84 Å². The molecule has 0 aliphatic carbocycles. The summed E-state index contributed by atoms with van der Waals surface area (Å²) in [5.74, 6) is 2.23. The molecule has 1 rings (SSSR count). The third-order valence-electron chi connectivity index (χ3n) is 2.77. The molecular formula is C12H25NO2S. The molecule has 2 N–H and O–H groups in total. The molecule has 0 radical (unpaired) electrons. The van der Waals surface area contributed by atoms with E-state index in [2.05, 4.69) is 5.32 Å². The Bertz CT molecular complexity index is 152. The Morgan fingerprint density at radius 2 is 2.19 bits per heavy atom. The van der Waals surface area contributed by atoms with E-state index in [1.807, 2.05) is 11.8 Å². The Morgan fingerprint density at radius 1 is 1.25 bits per heavy atom. The average Bonchev–Trinajstić information content (AvgIpc) is 2.80. The lowest BCUT2D eigenvalue weighted by molar-refractivity contribution is 0.102. The minimum Gasteiger partial charge on any atom is -0.396 e. The summed E-state index contributed by atoms with van der Waals surface area (Å²) in [7, 11) is 0. The number of aliphatic hydroxyl groups is 1. The highest BCUT2D eigenvalue weighted by Crippen LogP contribution is 2.16. The van der Waals surface area contributed by atoms with E-state index in [1.165, 1.54) is 25.7 Å². The van der Waals surface area contributed by atoms with E-state index < -0.39 is 0 Å². The van der Waals surface area contributed by atoms with Gasteiger partial charge in [0.05, 0.1) is 6.10 Å². The Morgan fingerprint density at radius 3 is 2.94 bits per heavy atom. The van der Waals surface area contributed by atoms with Crippen molar-refractivity contribution < 1.29 is 9.84 Å². The molecule has 1 aliphatic heterocycles. The molecule has 16 heavy (non-hydrogen) atoms. The van der Waals surface area contributed by atoms with Gasteiger partial charge in [-0.2, -0.15) is 11.8 Å². The van der Waals surface area contributed by atoms with Gasteiger partial charge in [0.1, 0.15) is 0 Å². The molecule has 1 aliphatic rings. The third-order valence-corrected chi connectivity index (χ3v) is 3.84. The normalized spacial score (nSPS) is 20.4. The zero-order chi connectivity index (χ0) is 11.5. The van der Waals surface area contributed by atoms with Gasteiger partial charge >= 0.3 is 0 Å². The van der Waals surface area contributed by atoms with Gasteiger partial charge in [-0.1, -0.05) is 0 Å². The van der Waals surface area contributed by atoms with Gasteiger partial charge in [0, 0.05) is 25.5 Å². The van der Waals surface area contributed by atoms with Crippen LogP contribution in [0.1, 0.15) is 32.1 Å². The minimum absolute atomic E-state index is 0.321. The molecule has 1 heterocycles. The fourth-order valence-electron chi connectivity index (χ4n) is 1.86. The van der Waals surface area contributed by atoms with Crippen LogP contribution in [0.3, 0.4) is 0 Å². The van der Waals surface area contributed by atoms with Crippen LogP contribution >= 0.6 is 11.8 Å². The first-order chi connectivity index (χ1) is 7.93. The maximum absolute atomic E-state index is 8.60. The van der Waals surface area contributed by atoms with E-state index in [9.17, 15) is 0 Å². The Labute approximate surface area is 103 Å². The second-order valence-electron chi connectivity index (χ2n) is 4.22. The summed E-state index contributed by atoms with van der Waals surface area (Å²) >= 11 is 1.91. The Kier molecular flexibility index (Phi) is 9.28. The third kappa shape index (κ3) is 7.49.